The molecule has 0 saturated carbocycles. The van der Waals surface area contributed by atoms with Crippen LogP contribution in [-0.2, 0) is 0 Å². The second-order valence-corrected chi connectivity index (χ2v) is 3.95. The average Bonchev–Trinajstić information content (AvgIpc) is 2.19. The molecule has 0 aliphatic carbocycles. The van der Waals surface area contributed by atoms with E-state index in [9.17, 15) is 0 Å². The Labute approximate surface area is 85.9 Å². The Morgan fingerprint density at radius 3 is 2.69 bits per heavy atom. The molecular weight excluding hydrogens is 223 g/mol. The molecule has 1 aromatic carbocycles. The molecule has 0 bridgehead atoms. The quantitative estimate of drug-likeness (QED) is 0.396. The van der Waals surface area contributed by atoms with E-state index >= 15 is 0 Å². The van der Waals surface area contributed by atoms with Gasteiger partial charge in [0.25, 0.3) is 0 Å². The van der Waals surface area contributed by atoms with Crippen LogP contribution in [0.5, 0.6) is 0 Å². The Morgan fingerprint density at radius 2 is 2.00 bits per heavy atom. The SMILES string of the molecule is CC#CC[Se]C#Cc1ccccc1. The van der Waals surface area contributed by atoms with Gasteiger partial charge in [-0.15, -0.1) is 0 Å². The van der Waals surface area contributed by atoms with E-state index in [1.54, 1.807) is 0 Å². The van der Waals surface area contributed by atoms with Crippen LogP contribution in [-0.4, -0.2) is 15.0 Å². The van der Waals surface area contributed by atoms with E-state index in [0.717, 1.165) is 10.9 Å². The molecular formula is C12H10Se. The van der Waals surface area contributed by atoms with E-state index in [1.165, 1.54) is 0 Å². The molecule has 0 atom stereocenters. The molecule has 1 rings (SSSR count). The summed E-state index contributed by atoms with van der Waals surface area (Å²) in [5.41, 5.74) is 1.09. The molecule has 0 aliphatic rings. The Balaban J connectivity index is 2.43. The molecule has 0 heterocycles. The van der Waals surface area contributed by atoms with Crippen molar-refractivity contribution in [3.05, 3.63) is 35.9 Å². The predicted molar refractivity (Wildman–Crippen MR) is 57.3 cm³/mol. The zero-order chi connectivity index (χ0) is 9.36. The fourth-order valence-electron chi connectivity index (χ4n) is 0.761. The molecule has 0 amide bonds. The summed E-state index contributed by atoms with van der Waals surface area (Å²) in [6, 6.07) is 10.0. The van der Waals surface area contributed by atoms with Crippen LogP contribution in [0.4, 0.5) is 0 Å². The predicted octanol–water partition coefficient (Wildman–Crippen LogP) is 2.14. The van der Waals surface area contributed by atoms with Crippen LogP contribution in [0, 0.1) is 22.6 Å². The van der Waals surface area contributed by atoms with Crippen molar-refractivity contribution >= 4 is 15.0 Å². The number of hydrogen-bond donors (Lipinski definition) is 0. The van der Waals surface area contributed by atoms with Gasteiger partial charge in [0, 0.05) is 0 Å². The summed E-state index contributed by atoms with van der Waals surface area (Å²) in [6.45, 7) is 1.86. The van der Waals surface area contributed by atoms with E-state index in [0.29, 0.717) is 15.0 Å². The van der Waals surface area contributed by atoms with Crippen molar-refractivity contribution in [2.75, 3.05) is 0 Å². The summed E-state index contributed by atoms with van der Waals surface area (Å²) < 4.78 is 0. The van der Waals surface area contributed by atoms with Gasteiger partial charge in [-0.3, -0.25) is 0 Å². The molecule has 0 aliphatic heterocycles. The van der Waals surface area contributed by atoms with Gasteiger partial charge in [-0.05, 0) is 0 Å². The molecule has 0 unspecified atom stereocenters. The summed E-state index contributed by atoms with van der Waals surface area (Å²) in [6.07, 6.45) is 0. The van der Waals surface area contributed by atoms with Gasteiger partial charge in [-0.1, -0.05) is 0 Å². The van der Waals surface area contributed by atoms with Gasteiger partial charge in [-0.25, -0.2) is 0 Å². The van der Waals surface area contributed by atoms with Gasteiger partial charge in [0.05, 0.1) is 0 Å². The first-order valence-corrected chi connectivity index (χ1v) is 6.07. The molecule has 13 heavy (non-hydrogen) atoms. The van der Waals surface area contributed by atoms with Crippen molar-refractivity contribution in [2.45, 2.75) is 12.2 Å². The minimum absolute atomic E-state index is 0.346. The van der Waals surface area contributed by atoms with Crippen LogP contribution < -0.4 is 0 Å². The summed E-state index contributed by atoms with van der Waals surface area (Å²) in [7, 11) is 0. The normalized spacial score (nSPS) is 7.77. The van der Waals surface area contributed by atoms with E-state index in [1.807, 2.05) is 37.3 Å². The molecule has 0 N–H and O–H groups in total. The van der Waals surface area contributed by atoms with E-state index in [4.69, 9.17) is 0 Å². The topological polar surface area (TPSA) is 0 Å². The van der Waals surface area contributed by atoms with Crippen molar-refractivity contribution in [3.8, 4) is 22.6 Å². The zero-order valence-corrected chi connectivity index (χ0v) is 9.22. The third-order valence-electron chi connectivity index (χ3n) is 1.36. The zero-order valence-electron chi connectivity index (χ0n) is 7.50. The van der Waals surface area contributed by atoms with Crippen LogP contribution in [0.2, 0.25) is 5.32 Å². The van der Waals surface area contributed by atoms with Crippen LogP contribution in [0.15, 0.2) is 30.3 Å². The molecule has 0 nitrogen and oxygen atoms in total. The monoisotopic (exact) mass is 234 g/mol. The standard InChI is InChI=1S/C12H10Se/c1-2-3-10-13-11-9-12-7-5-4-6-8-12/h4-8H,10H2,1H3. The van der Waals surface area contributed by atoms with Crippen molar-refractivity contribution in [3.63, 3.8) is 0 Å². The van der Waals surface area contributed by atoms with Crippen molar-refractivity contribution in [2.24, 2.45) is 0 Å². The summed E-state index contributed by atoms with van der Waals surface area (Å²) in [4.78, 5) is 3.15. The van der Waals surface area contributed by atoms with Crippen LogP contribution in [0.25, 0.3) is 0 Å². The van der Waals surface area contributed by atoms with Crippen molar-refractivity contribution < 1.29 is 0 Å². The van der Waals surface area contributed by atoms with E-state index in [-0.39, 0.29) is 0 Å². The second kappa shape index (κ2) is 6.38. The Kier molecular flexibility index (Phi) is 4.88. The van der Waals surface area contributed by atoms with Crippen molar-refractivity contribution in [1.29, 1.82) is 0 Å². The Bertz CT molecular complexity index is 357. The molecule has 1 aromatic rings. The number of hydrogen-bond acceptors (Lipinski definition) is 0. The molecule has 1 heteroatoms. The summed E-state index contributed by atoms with van der Waals surface area (Å²) in [5.74, 6) is 8.99. The van der Waals surface area contributed by atoms with Crippen LogP contribution >= 0.6 is 0 Å². The molecule has 0 spiro atoms. The van der Waals surface area contributed by atoms with Gasteiger partial charge in [0.15, 0.2) is 0 Å². The molecule has 0 fully saturated rings. The van der Waals surface area contributed by atoms with E-state index in [2.05, 4.69) is 22.6 Å². The minimum atomic E-state index is 0.346. The maximum atomic E-state index is 3.15. The van der Waals surface area contributed by atoms with Gasteiger partial charge < -0.3 is 0 Å². The van der Waals surface area contributed by atoms with Gasteiger partial charge in [0.2, 0.25) is 0 Å². The van der Waals surface area contributed by atoms with Gasteiger partial charge in [-0.2, -0.15) is 0 Å². The number of rotatable bonds is 1. The second-order valence-electron chi connectivity index (χ2n) is 2.31. The van der Waals surface area contributed by atoms with Gasteiger partial charge in [0.1, 0.15) is 0 Å². The molecule has 64 valence electrons. The summed E-state index contributed by atoms with van der Waals surface area (Å²) >= 11 is 0.346. The third kappa shape index (κ3) is 4.44. The van der Waals surface area contributed by atoms with Crippen molar-refractivity contribution in [1.82, 2.24) is 0 Å². The fourth-order valence-corrected chi connectivity index (χ4v) is 1.77. The van der Waals surface area contributed by atoms with Gasteiger partial charge >= 0.3 is 85.7 Å². The molecule has 0 aromatic heterocycles. The third-order valence-corrected chi connectivity index (χ3v) is 2.49. The average molecular weight is 233 g/mol. The maximum absolute atomic E-state index is 3.15. The molecule has 0 saturated heterocycles. The Hall–Kier alpha value is -1.14. The van der Waals surface area contributed by atoms with Crippen LogP contribution in [0.1, 0.15) is 12.5 Å². The number of benzene rings is 1. The molecule has 0 radical (unpaired) electrons. The summed E-state index contributed by atoms with van der Waals surface area (Å²) in [5, 5.41) is 0.934. The first-order valence-electron chi connectivity index (χ1n) is 4.01. The van der Waals surface area contributed by atoms with E-state index < -0.39 is 0 Å². The Morgan fingerprint density at radius 1 is 1.23 bits per heavy atom. The first kappa shape index (κ1) is 9.94. The van der Waals surface area contributed by atoms with Crippen LogP contribution in [0.3, 0.4) is 0 Å². The first-order chi connectivity index (χ1) is 6.43. The fraction of sp³-hybridized carbons (Fsp3) is 0.167.